The minimum absolute atomic E-state index is 0.0958. The summed E-state index contributed by atoms with van der Waals surface area (Å²) in [5.74, 6) is -0.447. The van der Waals surface area contributed by atoms with Crippen LogP contribution in [0.5, 0.6) is 0 Å². The molecule has 3 rings (SSSR count). The van der Waals surface area contributed by atoms with Gasteiger partial charge in [0.25, 0.3) is 0 Å². The van der Waals surface area contributed by atoms with E-state index in [4.69, 9.17) is 0 Å². The molecule has 0 spiro atoms. The summed E-state index contributed by atoms with van der Waals surface area (Å²) in [5, 5.41) is 5.49. The average molecular weight is 379 g/mol. The van der Waals surface area contributed by atoms with Gasteiger partial charge < -0.3 is 15.5 Å². The van der Waals surface area contributed by atoms with Crippen LogP contribution in [0, 0.1) is 0 Å². The molecule has 0 saturated heterocycles. The number of nitrogens with one attached hydrogen (secondary N) is 2. The number of carbonyl (C=O) groups is 3. The van der Waals surface area contributed by atoms with E-state index in [2.05, 4.69) is 10.6 Å². The Labute approximate surface area is 164 Å². The van der Waals surface area contributed by atoms with Crippen molar-refractivity contribution in [1.82, 2.24) is 5.32 Å². The highest BCUT2D eigenvalue weighted by Crippen LogP contribution is 2.27. The van der Waals surface area contributed by atoms with Crippen LogP contribution in [0.2, 0.25) is 0 Å². The third kappa shape index (κ3) is 4.76. The Balaban J connectivity index is 1.58. The molecule has 3 amide bonds. The molecule has 146 valence electrons. The predicted molar refractivity (Wildman–Crippen MR) is 109 cm³/mol. The maximum atomic E-state index is 12.9. The predicted octanol–water partition coefficient (Wildman–Crippen LogP) is 2.67. The SMILES string of the molecule is CC(=O)Nc1ccc(CC(=O)N[C@@H](C)C(=O)N2CCCc3ccccc32)cc1. The summed E-state index contributed by atoms with van der Waals surface area (Å²) in [5.41, 5.74) is 3.60. The molecule has 6 nitrogen and oxygen atoms in total. The van der Waals surface area contributed by atoms with Gasteiger partial charge in [0, 0.05) is 24.8 Å². The van der Waals surface area contributed by atoms with E-state index in [1.165, 1.54) is 12.5 Å². The van der Waals surface area contributed by atoms with Crippen molar-refractivity contribution in [3.8, 4) is 0 Å². The van der Waals surface area contributed by atoms with Crippen molar-refractivity contribution >= 4 is 29.1 Å². The summed E-state index contributed by atoms with van der Waals surface area (Å²) in [6.45, 7) is 3.83. The van der Waals surface area contributed by atoms with Gasteiger partial charge in [-0.2, -0.15) is 0 Å². The molecule has 0 aromatic heterocycles. The number of para-hydroxylation sites is 1. The van der Waals surface area contributed by atoms with E-state index >= 15 is 0 Å². The number of hydrogen-bond donors (Lipinski definition) is 2. The number of rotatable bonds is 5. The van der Waals surface area contributed by atoms with E-state index in [1.807, 2.05) is 24.3 Å². The lowest BCUT2D eigenvalue weighted by Gasteiger charge is -2.31. The fourth-order valence-corrected chi connectivity index (χ4v) is 3.45. The van der Waals surface area contributed by atoms with E-state index in [-0.39, 0.29) is 24.1 Å². The molecule has 0 saturated carbocycles. The molecular weight excluding hydrogens is 354 g/mol. The Kier molecular flexibility index (Phi) is 6.09. The van der Waals surface area contributed by atoms with Crippen LogP contribution in [0.15, 0.2) is 48.5 Å². The number of anilines is 2. The molecule has 0 unspecified atom stereocenters. The molecule has 0 bridgehead atoms. The minimum Gasteiger partial charge on any atom is -0.344 e. The van der Waals surface area contributed by atoms with Crippen molar-refractivity contribution in [1.29, 1.82) is 0 Å². The van der Waals surface area contributed by atoms with Crippen LogP contribution in [0.3, 0.4) is 0 Å². The number of nitrogens with zero attached hydrogens (tertiary/aromatic N) is 1. The van der Waals surface area contributed by atoms with Crippen LogP contribution in [0.25, 0.3) is 0 Å². The first-order chi connectivity index (χ1) is 13.4. The van der Waals surface area contributed by atoms with E-state index in [1.54, 1.807) is 36.1 Å². The molecule has 1 atom stereocenters. The van der Waals surface area contributed by atoms with Crippen LogP contribution in [-0.4, -0.2) is 30.3 Å². The minimum atomic E-state index is -0.600. The Morgan fingerprint density at radius 3 is 2.50 bits per heavy atom. The van der Waals surface area contributed by atoms with E-state index < -0.39 is 6.04 Å². The Bertz CT molecular complexity index is 877. The first kappa shape index (κ1) is 19.6. The van der Waals surface area contributed by atoms with Gasteiger partial charge in [-0.15, -0.1) is 0 Å². The van der Waals surface area contributed by atoms with Gasteiger partial charge >= 0.3 is 0 Å². The summed E-state index contributed by atoms with van der Waals surface area (Å²) in [7, 11) is 0. The fraction of sp³-hybridized carbons (Fsp3) is 0.318. The third-order valence-corrected chi connectivity index (χ3v) is 4.76. The van der Waals surface area contributed by atoms with Gasteiger partial charge in [0.1, 0.15) is 6.04 Å². The van der Waals surface area contributed by atoms with Gasteiger partial charge in [0.2, 0.25) is 17.7 Å². The molecule has 1 heterocycles. The second kappa shape index (κ2) is 8.69. The van der Waals surface area contributed by atoms with Gasteiger partial charge in [-0.1, -0.05) is 30.3 Å². The van der Waals surface area contributed by atoms with Crippen molar-refractivity contribution in [3.05, 3.63) is 59.7 Å². The van der Waals surface area contributed by atoms with Crippen molar-refractivity contribution in [3.63, 3.8) is 0 Å². The molecule has 6 heteroatoms. The lowest BCUT2D eigenvalue weighted by Crippen LogP contribution is -2.49. The van der Waals surface area contributed by atoms with Gasteiger partial charge in [-0.05, 0) is 49.1 Å². The first-order valence-electron chi connectivity index (χ1n) is 9.49. The summed E-state index contributed by atoms with van der Waals surface area (Å²) >= 11 is 0. The molecule has 2 aromatic carbocycles. The molecule has 1 aliphatic rings. The lowest BCUT2D eigenvalue weighted by atomic mass is 10.0. The number of benzene rings is 2. The van der Waals surface area contributed by atoms with E-state index in [0.29, 0.717) is 12.2 Å². The zero-order valence-corrected chi connectivity index (χ0v) is 16.2. The van der Waals surface area contributed by atoms with Crippen LogP contribution in [0.4, 0.5) is 11.4 Å². The maximum Gasteiger partial charge on any atom is 0.249 e. The van der Waals surface area contributed by atoms with Crippen molar-refractivity contribution in [2.24, 2.45) is 0 Å². The smallest absolute Gasteiger partial charge is 0.249 e. The summed E-state index contributed by atoms with van der Waals surface area (Å²) in [4.78, 5) is 38.1. The highest BCUT2D eigenvalue weighted by atomic mass is 16.2. The van der Waals surface area contributed by atoms with Crippen molar-refractivity contribution in [2.75, 3.05) is 16.8 Å². The number of hydrogen-bond acceptors (Lipinski definition) is 3. The molecule has 0 aliphatic carbocycles. The maximum absolute atomic E-state index is 12.9. The normalized spacial score (nSPS) is 14.0. The third-order valence-electron chi connectivity index (χ3n) is 4.76. The number of aryl methyl sites for hydroxylation is 1. The molecule has 0 fully saturated rings. The van der Waals surface area contributed by atoms with Gasteiger partial charge in [0.05, 0.1) is 6.42 Å². The molecular formula is C22H25N3O3. The number of fused-ring (bicyclic) bond motifs is 1. The largest absolute Gasteiger partial charge is 0.344 e. The highest BCUT2D eigenvalue weighted by Gasteiger charge is 2.26. The van der Waals surface area contributed by atoms with Crippen LogP contribution in [0.1, 0.15) is 31.4 Å². The van der Waals surface area contributed by atoms with Crippen LogP contribution in [-0.2, 0) is 27.2 Å². The van der Waals surface area contributed by atoms with E-state index in [9.17, 15) is 14.4 Å². The summed E-state index contributed by atoms with van der Waals surface area (Å²) in [6.07, 6.45) is 2.06. The monoisotopic (exact) mass is 379 g/mol. The first-order valence-corrected chi connectivity index (χ1v) is 9.49. The second-order valence-corrected chi connectivity index (χ2v) is 7.07. The lowest BCUT2D eigenvalue weighted by molar-refractivity contribution is -0.126. The quantitative estimate of drug-likeness (QED) is 0.838. The van der Waals surface area contributed by atoms with E-state index in [0.717, 1.165) is 24.1 Å². The average Bonchev–Trinajstić information content (AvgIpc) is 2.68. The summed E-state index contributed by atoms with van der Waals surface area (Å²) in [6, 6.07) is 14.4. The summed E-state index contributed by atoms with van der Waals surface area (Å²) < 4.78 is 0. The van der Waals surface area contributed by atoms with Crippen molar-refractivity contribution < 1.29 is 14.4 Å². The molecule has 2 aromatic rings. The zero-order chi connectivity index (χ0) is 20.1. The topological polar surface area (TPSA) is 78.5 Å². The second-order valence-electron chi connectivity index (χ2n) is 7.07. The van der Waals surface area contributed by atoms with Gasteiger partial charge in [0.15, 0.2) is 0 Å². The Hall–Kier alpha value is -3.15. The number of carbonyl (C=O) groups excluding carboxylic acids is 3. The molecule has 28 heavy (non-hydrogen) atoms. The van der Waals surface area contributed by atoms with Crippen LogP contribution < -0.4 is 15.5 Å². The molecule has 2 N–H and O–H groups in total. The standard InChI is InChI=1S/C22H25N3O3/c1-15(22(28)25-13-5-7-18-6-3-4-8-20(18)25)23-21(27)14-17-9-11-19(12-10-17)24-16(2)26/h3-4,6,8-12,15H,5,7,13-14H2,1-2H3,(H,23,27)(H,24,26)/t15-/m0/s1. The zero-order valence-electron chi connectivity index (χ0n) is 16.2. The Morgan fingerprint density at radius 1 is 1.07 bits per heavy atom. The van der Waals surface area contributed by atoms with Crippen molar-refractivity contribution in [2.45, 2.75) is 39.2 Å². The Morgan fingerprint density at radius 2 is 1.79 bits per heavy atom. The molecule has 0 radical (unpaired) electrons. The van der Waals surface area contributed by atoms with Gasteiger partial charge in [-0.25, -0.2) is 0 Å². The molecule has 1 aliphatic heterocycles. The van der Waals surface area contributed by atoms with Crippen LogP contribution >= 0.6 is 0 Å². The number of amides is 3. The van der Waals surface area contributed by atoms with Gasteiger partial charge in [-0.3, -0.25) is 14.4 Å². The fourth-order valence-electron chi connectivity index (χ4n) is 3.45. The highest BCUT2D eigenvalue weighted by molar-refractivity contribution is 6.00.